The summed E-state index contributed by atoms with van der Waals surface area (Å²) >= 11 is 1.26. The molecule has 0 spiro atoms. The van der Waals surface area contributed by atoms with Crippen LogP contribution in [0.3, 0.4) is 0 Å². The molecule has 1 aromatic rings. The predicted molar refractivity (Wildman–Crippen MR) is 90.6 cm³/mol. The van der Waals surface area contributed by atoms with Crippen molar-refractivity contribution < 1.29 is 9.59 Å². The highest BCUT2D eigenvalue weighted by Gasteiger charge is 2.13. The molecule has 0 aromatic carbocycles. The first-order valence-electron chi connectivity index (χ1n) is 7.54. The van der Waals surface area contributed by atoms with Gasteiger partial charge in [-0.3, -0.25) is 9.78 Å². The molecule has 1 aromatic heterocycles. The van der Waals surface area contributed by atoms with E-state index >= 15 is 0 Å². The summed E-state index contributed by atoms with van der Waals surface area (Å²) in [7, 11) is 0. The lowest BCUT2D eigenvalue weighted by Crippen LogP contribution is -2.41. The van der Waals surface area contributed by atoms with Crippen LogP contribution in [0.5, 0.6) is 0 Å². The Kier molecular flexibility index (Phi) is 8.58. The number of pyridine rings is 1. The van der Waals surface area contributed by atoms with Crippen molar-refractivity contribution in [3.8, 4) is 0 Å². The lowest BCUT2D eigenvalue weighted by atomic mass is 10.1. The van der Waals surface area contributed by atoms with Gasteiger partial charge in [-0.15, -0.1) is 0 Å². The molecule has 5 nitrogen and oxygen atoms in total. The second kappa shape index (κ2) is 10.2. The molecular weight excluding hydrogens is 298 g/mol. The number of hydrogen-bond donors (Lipinski definition) is 1. The van der Waals surface area contributed by atoms with Crippen LogP contribution in [0.4, 0.5) is 4.79 Å². The normalized spacial score (nSPS) is 10.5. The minimum atomic E-state index is -0.0818. The molecule has 6 heteroatoms. The molecular formula is C16H25N3O2S. The third kappa shape index (κ3) is 8.02. The molecule has 122 valence electrons. The van der Waals surface area contributed by atoms with Crippen LogP contribution in [0.15, 0.2) is 24.5 Å². The second-order valence-corrected chi connectivity index (χ2v) is 6.80. The number of rotatable bonds is 8. The highest BCUT2D eigenvalue weighted by Crippen LogP contribution is 2.07. The third-order valence-corrected chi connectivity index (χ3v) is 3.92. The van der Waals surface area contributed by atoms with Crippen molar-refractivity contribution in [3.05, 3.63) is 30.1 Å². The van der Waals surface area contributed by atoms with E-state index in [0.29, 0.717) is 31.3 Å². The summed E-state index contributed by atoms with van der Waals surface area (Å²) in [4.78, 5) is 29.1. The fourth-order valence-electron chi connectivity index (χ4n) is 1.82. The fourth-order valence-corrected chi connectivity index (χ4v) is 2.42. The van der Waals surface area contributed by atoms with Gasteiger partial charge in [-0.1, -0.05) is 25.6 Å². The molecule has 0 saturated heterocycles. The Morgan fingerprint density at radius 3 is 2.55 bits per heavy atom. The van der Waals surface area contributed by atoms with Crippen molar-refractivity contribution in [2.75, 3.05) is 18.8 Å². The second-order valence-electron chi connectivity index (χ2n) is 5.52. The predicted octanol–water partition coefficient (Wildman–Crippen LogP) is 2.92. The van der Waals surface area contributed by atoms with E-state index in [1.807, 2.05) is 12.1 Å². The lowest BCUT2D eigenvalue weighted by molar-refractivity contribution is -0.109. The number of hydrogen-bond acceptors (Lipinski definition) is 4. The van der Waals surface area contributed by atoms with Crippen molar-refractivity contribution in [3.63, 3.8) is 0 Å². The number of amides is 2. The van der Waals surface area contributed by atoms with Gasteiger partial charge in [0, 0.05) is 44.7 Å². The van der Waals surface area contributed by atoms with Gasteiger partial charge < -0.3 is 10.2 Å². The molecule has 22 heavy (non-hydrogen) atoms. The quantitative estimate of drug-likeness (QED) is 0.799. The van der Waals surface area contributed by atoms with Gasteiger partial charge in [0.1, 0.15) is 0 Å². The van der Waals surface area contributed by atoms with Crippen LogP contribution in [0.2, 0.25) is 0 Å². The zero-order valence-corrected chi connectivity index (χ0v) is 14.4. The number of nitrogens with one attached hydrogen (secondary N) is 1. The molecule has 0 aliphatic heterocycles. The SMILES string of the molecule is CC(=O)SCCN(CCC(C)C)C(=O)NCc1ccncc1. The first-order chi connectivity index (χ1) is 10.5. The first kappa shape index (κ1) is 18.5. The molecule has 0 aliphatic carbocycles. The molecule has 2 amide bonds. The number of carbonyl (C=O) groups is 2. The maximum absolute atomic E-state index is 12.3. The van der Waals surface area contributed by atoms with Crippen LogP contribution in [-0.2, 0) is 11.3 Å². The first-order valence-corrected chi connectivity index (χ1v) is 8.52. The summed E-state index contributed by atoms with van der Waals surface area (Å²) < 4.78 is 0. The van der Waals surface area contributed by atoms with Gasteiger partial charge in [0.2, 0.25) is 0 Å². The van der Waals surface area contributed by atoms with Crippen LogP contribution in [0.1, 0.15) is 32.8 Å². The van der Waals surface area contributed by atoms with E-state index in [-0.39, 0.29) is 11.1 Å². The van der Waals surface area contributed by atoms with Crippen molar-refractivity contribution in [2.24, 2.45) is 5.92 Å². The average molecular weight is 323 g/mol. The van der Waals surface area contributed by atoms with Gasteiger partial charge in [-0.2, -0.15) is 0 Å². The molecule has 1 N–H and O–H groups in total. The molecule has 0 aliphatic rings. The molecule has 0 fully saturated rings. The standard InChI is InChI=1S/C16H25N3O2S/c1-13(2)6-9-19(10-11-22-14(3)20)16(21)18-12-15-4-7-17-8-5-15/h4-5,7-8,13H,6,9-12H2,1-3H3,(H,18,21). The van der Waals surface area contributed by atoms with E-state index in [1.165, 1.54) is 11.8 Å². The maximum atomic E-state index is 12.3. The topological polar surface area (TPSA) is 62.3 Å². The van der Waals surface area contributed by atoms with E-state index in [1.54, 1.807) is 24.2 Å². The Morgan fingerprint density at radius 1 is 1.27 bits per heavy atom. The zero-order chi connectivity index (χ0) is 16.4. The van der Waals surface area contributed by atoms with E-state index in [0.717, 1.165) is 12.0 Å². The van der Waals surface area contributed by atoms with Crippen LogP contribution in [-0.4, -0.2) is 39.9 Å². The van der Waals surface area contributed by atoms with Crippen LogP contribution in [0, 0.1) is 5.92 Å². The third-order valence-electron chi connectivity index (χ3n) is 3.12. The van der Waals surface area contributed by atoms with Crippen molar-refractivity contribution in [1.29, 1.82) is 0 Å². The summed E-state index contributed by atoms with van der Waals surface area (Å²) in [6, 6.07) is 3.68. The summed E-state index contributed by atoms with van der Waals surface area (Å²) in [5.74, 6) is 1.17. The zero-order valence-electron chi connectivity index (χ0n) is 13.5. The van der Waals surface area contributed by atoms with Gasteiger partial charge in [0.25, 0.3) is 0 Å². The summed E-state index contributed by atoms with van der Waals surface area (Å²) in [6.45, 7) is 7.60. The summed E-state index contributed by atoms with van der Waals surface area (Å²) in [6.07, 6.45) is 4.37. The Labute approximate surface area is 136 Å². The van der Waals surface area contributed by atoms with Crippen molar-refractivity contribution in [2.45, 2.75) is 33.7 Å². The monoisotopic (exact) mass is 323 g/mol. The van der Waals surface area contributed by atoms with E-state index < -0.39 is 0 Å². The van der Waals surface area contributed by atoms with E-state index in [2.05, 4.69) is 24.1 Å². The van der Waals surface area contributed by atoms with Crippen molar-refractivity contribution >= 4 is 22.9 Å². The van der Waals surface area contributed by atoms with Gasteiger partial charge in [-0.25, -0.2) is 4.79 Å². The molecule has 0 unspecified atom stereocenters. The summed E-state index contributed by atoms with van der Waals surface area (Å²) in [5, 5.41) is 3.01. The number of carbonyl (C=O) groups excluding carboxylic acids is 2. The highest BCUT2D eigenvalue weighted by molar-refractivity contribution is 8.13. The van der Waals surface area contributed by atoms with Gasteiger partial charge in [-0.05, 0) is 30.0 Å². The molecule has 0 radical (unpaired) electrons. The Balaban J connectivity index is 2.48. The number of thioether (sulfide) groups is 1. The molecule has 0 saturated carbocycles. The largest absolute Gasteiger partial charge is 0.334 e. The minimum Gasteiger partial charge on any atom is -0.334 e. The van der Waals surface area contributed by atoms with E-state index in [4.69, 9.17) is 0 Å². The maximum Gasteiger partial charge on any atom is 0.317 e. The highest BCUT2D eigenvalue weighted by atomic mass is 32.2. The van der Waals surface area contributed by atoms with Gasteiger partial charge in [0.05, 0.1) is 0 Å². The smallest absolute Gasteiger partial charge is 0.317 e. The van der Waals surface area contributed by atoms with E-state index in [9.17, 15) is 9.59 Å². The Hall–Kier alpha value is -1.56. The molecule has 1 rings (SSSR count). The molecule has 1 heterocycles. The van der Waals surface area contributed by atoms with Gasteiger partial charge in [0.15, 0.2) is 5.12 Å². The van der Waals surface area contributed by atoms with Crippen LogP contribution >= 0.6 is 11.8 Å². The fraction of sp³-hybridized carbons (Fsp3) is 0.562. The lowest BCUT2D eigenvalue weighted by Gasteiger charge is -2.23. The molecule has 0 atom stereocenters. The van der Waals surface area contributed by atoms with Crippen LogP contribution in [0.25, 0.3) is 0 Å². The number of aromatic nitrogens is 1. The van der Waals surface area contributed by atoms with Gasteiger partial charge >= 0.3 is 6.03 Å². The summed E-state index contributed by atoms with van der Waals surface area (Å²) in [5.41, 5.74) is 1.02. The average Bonchev–Trinajstić information content (AvgIpc) is 2.48. The Morgan fingerprint density at radius 2 is 1.95 bits per heavy atom. The Bertz CT molecular complexity index is 466. The minimum absolute atomic E-state index is 0.0818. The number of nitrogens with zero attached hydrogens (tertiary/aromatic N) is 2. The number of urea groups is 1. The van der Waals surface area contributed by atoms with Crippen LogP contribution < -0.4 is 5.32 Å². The molecule has 0 bridgehead atoms. The van der Waals surface area contributed by atoms with Crippen molar-refractivity contribution in [1.82, 2.24) is 15.2 Å².